The SMILES string of the molecule is O=C(O)c1ccc(NS(=O)(=O)c2ccc(F)c(F)c2F)cc1. The first kappa shape index (κ1) is 15.8. The molecule has 0 aliphatic carbocycles. The molecule has 116 valence electrons. The predicted octanol–water partition coefficient (Wildman–Crippen LogP) is 2.60. The van der Waals surface area contributed by atoms with Crippen molar-refractivity contribution in [3.63, 3.8) is 0 Å². The molecule has 9 heteroatoms. The van der Waals surface area contributed by atoms with Crippen LogP contribution in [-0.2, 0) is 10.0 Å². The standard InChI is InChI=1S/C13H8F3NO4S/c14-9-5-6-10(12(16)11(9)15)22(20,21)17-8-3-1-7(2-4-8)13(18)19/h1-6,17H,(H,18,19). The number of rotatable bonds is 4. The minimum Gasteiger partial charge on any atom is -0.478 e. The van der Waals surface area contributed by atoms with Crippen molar-refractivity contribution in [2.45, 2.75) is 4.90 Å². The lowest BCUT2D eigenvalue weighted by Gasteiger charge is -2.09. The Balaban J connectivity index is 2.36. The first-order valence-electron chi connectivity index (χ1n) is 5.72. The highest BCUT2D eigenvalue weighted by molar-refractivity contribution is 7.92. The Hall–Kier alpha value is -2.55. The molecule has 0 bridgehead atoms. The number of carboxylic acid groups (broad SMARTS) is 1. The lowest BCUT2D eigenvalue weighted by atomic mass is 10.2. The van der Waals surface area contributed by atoms with Crippen molar-refractivity contribution in [3.05, 3.63) is 59.4 Å². The van der Waals surface area contributed by atoms with Gasteiger partial charge in [0.2, 0.25) is 0 Å². The van der Waals surface area contributed by atoms with E-state index in [9.17, 15) is 26.4 Å². The second kappa shape index (κ2) is 5.68. The van der Waals surface area contributed by atoms with Crippen LogP contribution in [0.2, 0.25) is 0 Å². The Morgan fingerprint density at radius 2 is 1.55 bits per heavy atom. The van der Waals surface area contributed by atoms with Gasteiger partial charge < -0.3 is 5.11 Å². The Bertz CT molecular complexity index is 835. The second-order valence-electron chi connectivity index (χ2n) is 4.16. The molecule has 0 amide bonds. The second-order valence-corrected chi connectivity index (χ2v) is 5.81. The van der Waals surface area contributed by atoms with Crippen molar-refractivity contribution in [2.24, 2.45) is 0 Å². The molecule has 0 heterocycles. The number of benzene rings is 2. The van der Waals surface area contributed by atoms with Crippen LogP contribution >= 0.6 is 0 Å². The van der Waals surface area contributed by atoms with Gasteiger partial charge in [0.15, 0.2) is 17.5 Å². The van der Waals surface area contributed by atoms with Gasteiger partial charge in [-0.15, -0.1) is 0 Å². The monoisotopic (exact) mass is 331 g/mol. The van der Waals surface area contributed by atoms with E-state index in [1.165, 1.54) is 0 Å². The fraction of sp³-hybridized carbons (Fsp3) is 0. The Morgan fingerprint density at radius 1 is 0.955 bits per heavy atom. The number of carbonyl (C=O) groups is 1. The molecular formula is C13H8F3NO4S. The van der Waals surface area contributed by atoms with Gasteiger partial charge in [-0.3, -0.25) is 4.72 Å². The minimum atomic E-state index is -4.50. The van der Waals surface area contributed by atoms with E-state index in [-0.39, 0.29) is 11.3 Å². The van der Waals surface area contributed by atoms with Crippen LogP contribution in [0, 0.1) is 17.5 Å². The third kappa shape index (κ3) is 3.03. The average molecular weight is 331 g/mol. The smallest absolute Gasteiger partial charge is 0.335 e. The quantitative estimate of drug-likeness (QED) is 0.844. The molecule has 0 aliphatic rings. The number of hydrogen-bond donors (Lipinski definition) is 2. The van der Waals surface area contributed by atoms with E-state index in [0.717, 1.165) is 24.3 Å². The summed E-state index contributed by atoms with van der Waals surface area (Å²) in [5, 5.41) is 8.71. The van der Waals surface area contributed by atoms with Crippen molar-refractivity contribution in [1.29, 1.82) is 0 Å². The summed E-state index contributed by atoms with van der Waals surface area (Å²) in [6.07, 6.45) is 0. The molecule has 0 atom stereocenters. The maximum Gasteiger partial charge on any atom is 0.335 e. The summed E-state index contributed by atoms with van der Waals surface area (Å²) in [6, 6.07) is 5.60. The van der Waals surface area contributed by atoms with Gasteiger partial charge >= 0.3 is 5.97 Å². The summed E-state index contributed by atoms with van der Waals surface area (Å²) >= 11 is 0. The molecule has 2 N–H and O–H groups in total. The Labute approximate surface area is 123 Å². The zero-order valence-corrected chi connectivity index (χ0v) is 11.5. The van der Waals surface area contributed by atoms with Crippen LogP contribution in [0.5, 0.6) is 0 Å². The summed E-state index contributed by atoms with van der Waals surface area (Å²) in [7, 11) is -4.50. The molecule has 2 aromatic rings. The summed E-state index contributed by atoms with van der Waals surface area (Å²) < 4.78 is 65.3. The van der Waals surface area contributed by atoms with E-state index < -0.39 is 38.3 Å². The first-order chi connectivity index (χ1) is 10.2. The summed E-state index contributed by atoms with van der Waals surface area (Å²) in [5.41, 5.74) is -0.143. The normalized spacial score (nSPS) is 11.2. The lowest BCUT2D eigenvalue weighted by Crippen LogP contribution is -2.16. The van der Waals surface area contributed by atoms with Gasteiger partial charge in [0, 0.05) is 5.69 Å². The van der Waals surface area contributed by atoms with Crippen LogP contribution in [0.25, 0.3) is 0 Å². The molecule has 0 unspecified atom stereocenters. The van der Waals surface area contributed by atoms with Gasteiger partial charge in [-0.2, -0.15) is 0 Å². The Kier molecular flexibility index (Phi) is 4.09. The van der Waals surface area contributed by atoms with E-state index in [2.05, 4.69) is 0 Å². The van der Waals surface area contributed by atoms with Gasteiger partial charge in [-0.05, 0) is 36.4 Å². The zero-order chi connectivity index (χ0) is 16.5. The number of carboxylic acids is 1. The van der Waals surface area contributed by atoms with Crippen LogP contribution in [0.3, 0.4) is 0 Å². The van der Waals surface area contributed by atoms with Gasteiger partial charge in [0.05, 0.1) is 5.56 Å². The van der Waals surface area contributed by atoms with E-state index in [0.29, 0.717) is 12.1 Å². The highest BCUT2D eigenvalue weighted by Crippen LogP contribution is 2.22. The third-order valence-electron chi connectivity index (χ3n) is 2.67. The van der Waals surface area contributed by atoms with Gasteiger partial charge in [0.25, 0.3) is 10.0 Å². The predicted molar refractivity (Wildman–Crippen MR) is 70.5 cm³/mol. The highest BCUT2D eigenvalue weighted by Gasteiger charge is 2.24. The van der Waals surface area contributed by atoms with E-state index >= 15 is 0 Å². The van der Waals surface area contributed by atoms with Gasteiger partial charge in [-0.1, -0.05) is 0 Å². The maximum atomic E-state index is 13.5. The van der Waals surface area contributed by atoms with Gasteiger partial charge in [0.1, 0.15) is 4.90 Å². The highest BCUT2D eigenvalue weighted by atomic mass is 32.2. The number of hydrogen-bond acceptors (Lipinski definition) is 3. The molecule has 2 aromatic carbocycles. The molecule has 0 radical (unpaired) electrons. The molecule has 0 saturated carbocycles. The van der Waals surface area contributed by atoms with Crippen LogP contribution < -0.4 is 4.72 Å². The minimum absolute atomic E-state index is 0.0610. The number of halogens is 3. The molecule has 0 fully saturated rings. The van der Waals surface area contributed by atoms with E-state index in [1.807, 2.05) is 4.72 Å². The lowest BCUT2D eigenvalue weighted by molar-refractivity contribution is 0.0697. The molecule has 0 aromatic heterocycles. The molecule has 2 rings (SSSR count). The summed E-state index contributed by atoms with van der Waals surface area (Å²) in [6.45, 7) is 0. The molecule has 5 nitrogen and oxygen atoms in total. The van der Waals surface area contributed by atoms with E-state index in [1.54, 1.807) is 0 Å². The van der Waals surface area contributed by atoms with Crippen molar-refractivity contribution < 1.29 is 31.5 Å². The zero-order valence-electron chi connectivity index (χ0n) is 10.7. The topological polar surface area (TPSA) is 83.5 Å². The number of anilines is 1. The van der Waals surface area contributed by atoms with Gasteiger partial charge in [-0.25, -0.2) is 26.4 Å². The fourth-order valence-electron chi connectivity index (χ4n) is 1.61. The summed E-state index contributed by atoms with van der Waals surface area (Å²) in [4.78, 5) is 9.61. The van der Waals surface area contributed by atoms with Crippen molar-refractivity contribution in [1.82, 2.24) is 0 Å². The van der Waals surface area contributed by atoms with Crippen LogP contribution in [0.4, 0.5) is 18.9 Å². The van der Waals surface area contributed by atoms with E-state index in [4.69, 9.17) is 5.11 Å². The van der Waals surface area contributed by atoms with Crippen molar-refractivity contribution in [3.8, 4) is 0 Å². The van der Waals surface area contributed by atoms with Crippen LogP contribution in [0.15, 0.2) is 41.3 Å². The maximum absolute atomic E-state index is 13.5. The molecular weight excluding hydrogens is 323 g/mol. The van der Waals surface area contributed by atoms with Crippen molar-refractivity contribution in [2.75, 3.05) is 4.72 Å². The molecule has 0 aliphatic heterocycles. The number of nitrogens with one attached hydrogen (secondary N) is 1. The average Bonchev–Trinajstić information content (AvgIpc) is 2.44. The van der Waals surface area contributed by atoms with Crippen LogP contribution in [-0.4, -0.2) is 19.5 Å². The van der Waals surface area contributed by atoms with Crippen molar-refractivity contribution >= 4 is 21.7 Å². The van der Waals surface area contributed by atoms with Crippen LogP contribution in [0.1, 0.15) is 10.4 Å². The molecule has 22 heavy (non-hydrogen) atoms. The molecule has 0 spiro atoms. The first-order valence-corrected chi connectivity index (χ1v) is 7.20. The number of aromatic carboxylic acids is 1. The largest absolute Gasteiger partial charge is 0.478 e. The summed E-state index contributed by atoms with van der Waals surface area (Å²) in [5.74, 6) is -6.46. The molecule has 0 saturated heterocycles. The third-order valence-corrected chi connectivity index (χ3v) is 4.07. The number of sulfonamides is 1. The Morgan fingerprint density at radius 3 is 2.09 bits per heavy atom. The fourth-order valence-corrected chi connectivity index (χ4v) is 2.74.